The number of halogens is 4. The molecule has 0 radical (unpaired) electrons. The van der Waals surface area contributed by atoms with Gasteiger partial charge >= 0.3 is 0 Å². The third-order valence-corrected chi connectivity index (χ3v) is 6.68. The second-order valence-corrected chi connectivity index (χ2v) is 7.50. The van der Waals surface area contributed by atoms with Crippen LogP contribution in [0.2, 0.25) is 9.36 Å². The minimum absolute atomic E-state index is 0.146. The first-order valence-electron chi connectivity index (χ1n) is 4.84. The van der Waals surface area contributed by atoms with E-state index in [-0.39, 0.29) is 4.83 Å². The summed E-state index contributed by atoms with van der Waals surface area (Å²) in [6.45, 7) is 2.00. The number of alkyl halides is 1. The van der Waals surface area contributed by atoms with Crippen LogP contribution in [0.25, 0.3) is 0 Å². The summed E-state index contributed by atoms with van der Waals surface area (Å²) in [6.07, 6.45) is 0. The molecule has 0 nitrogen and oxygen atoms in total. The average Bonchev–Trinajstić information content (AvgIpc) is 2.62. The van der Waals surface area contributed by atoms with Crippen molar-refractivity contribution in [2.75, 3.05) is 0 Å². The molecule has 0 saturated heterocycles. The van der Waals surface area contributed by atoms with Crippen molar-refractivity contribution in [2.45, 2.75) is 11.8 Å². The summed E-state index contributed by atoms with van der Waals surface area (Å²) in [4.78, 5) is 1.32. The molecule has 90 valence electrons. The molecular formula is C12H8Br2Cl2S. The number of rotatable bonds is 2. The third-order valence-electron chi connectivity index (χ3n) is 2.39. The highest BCUT2D eigenvalue weighted by Gasteiger charge is 2.15. The molecule has 1 unspecified atom stereocenters. The zero-order valence-electron chi connectivity index (χ0n) is 8.81. The maximum Gasteiger partial charge on any atom is 0.107 e. The van der Waals surface area contributed by atoms with Gasteiger partial charge in [-0.05, 0) is 46.1 Å². The molecule has 0 N–H and O–H groups in total. The zero-order valence-corrected chi connectivity index (χ0v) is 14.3. The van der Waals surface area contributed by atoms with Crippen molar-refractivity contribution in [3.8, 4) is 0 Å². The van der Waals surface area contributed by atoms with Gasteiger partial charge < -0.3 is 0 Å². The highest BCUT2D eigenvalue weighted by atomic mass is 79.9. The number of aryl methyl sites for hydroxylation is 1. The lowest BCUT2D eigenvalue weighted by Crippen LogP contribution is -1.90. The second-order valence-electron chi connectivity index (χ2n) is 3.64. The molecule has 1 atom stereocenters. The Morgan fingerprint density at radius 2 is 1.94 bits per heavy atom. The molecule has 0 aliphatic rings. The summed E-state index contributed by atoms with van der Waals surface area (Å²) in [5.41, 5.74) is 2.26. The predicted molar refractivity (Wildman–Crippen MR) is 84.0 cm³/mol. The van der Waals surface area contributed by atoms with Crippen LogP contribution in [0.3, 0.4) is 0 Å². The summed E-state index contributed by atoms with van der Waals surface area (Å²) in [6, 6.07) is 8.07. The molecule has 0 amide bonds. The number of benzene rings is 1. The number of hydrogen-bond acceptors (Lipinski definition) is 1. The van der Waals surface area contributed by atoms with E-state index >= 15 is 0 Å². The van der Waals surface area contributed by atoms with Crippen molar-refractivity contribution in [3.05, 3.63) is 54.1 Å². The van der Waals surface area contributed by atoms with Gasteiger partial charge in [0.1, 0.15) is 4.34 Å². The van der Waals surface area contributed by atoms with Gasteiger partial charge in [-0.1, -0.05) is 51.3 Å². The fourth-order valence-electron chi connectivity index (χ4n) is 1.48. The third kappa shape index (κ3) is 3.07. The summed E-state index contributed by atoms with van der Waals surface area (Å²) in [5.74, 6) is 0. The molecular weight excluding hydrogens is 407 g/mol. The van der Waals surface area contributed by atoms with Gasteiger partial charge in [0.05, 0.1) is 4.83 Å². The first-order chi connectivity index (χ1) is 7.99. The molecule has 1 aromatic heterocycles. The summed E-state index contributed by atoms with van der Waals surface area (Å²) < 4.78 is 1.71. The van der Waals surface area contributed by atoms with Gasteiger partial charge in [0.2, 0.25) is 0 Å². The number of hydrogen-bond donors (Lipinski definition) is 0. The van der Waals surface area contributed by atoms with Gasteiger partial charge in [0.15, 0.2) is 0 Å². The molecule has 0 bridgehead atoms. The predicted octanol–water partition coefficient (Wildman–Crippen LogP) is 6.61. The van der Waals surface area contributed by atoms with Crippen LogP contribution in [0.1, 0.15) is 20.8 Å². The van der Waals surface area contributed by atoms with Crippen molar-refractivity contribution in [1.29, 1.82) is 0 Å². The molecule has 0 aliphatic heterocycles. The molecule has 5 heteroatoms. The Kier molecular flexibility index (Phi) is 4.59. The monoisotopic (exact) mass is 412 g/mol. The fraction of sp³-hybridized carbons (Fsp3) is 0.167. The normalized spacial score (nSPS) is 12.8. The van der Waals surface area contributed by atoms with Crippen molar-refractivity contribution in [3.63, 3.8) is 0 Å². The molecule has 0 aliphatic carbocycles. The smallest absolute Gasteiger partial charge is 0.107 e. The van der Waals surface area contributed by atoms with Crippen LogP contribution in [0.5, 0.6) is 0 Å². The first kappa shape index (κ1) is 13.9. The van der Waals surface area contributed by atoms with Gasteiger partial charge in [-0.15, -0.1) is 11.3 Å². The SMILES string of the molecule is Cc1cc(C(Br)c2cc(Br)c(Cl)s2)ccc1Cl. The summed E-state index contributed by atoms with van der Waals surface area (Å²) in [5, 5.41) is 0.791. The molecule has 17 heavy (non-hydrogen) atoms. The van der Waals surface area contributed by atoms with Crippen LogP contribution < -0.4 is 0 Å². The maximum absolute atomic E-state index is 6.05. The van der Waals surface area contributed by atoms with E-state index in [4.69, 9.17) is 23.2 Å². The van der Waals surface area contributed by atoms with E-state index in [1.807, 2.05) is 25.1 Å². The minimum Gasteiger partial charge on any atom is -0.126 e. The molecule has 0 fully saturated rings. The van der Waals surface area contributed by atoms with E-state index in [1.54, 1.807) is 11.3 Å². The molecule has 2 rings (SSSR count). The Hall–Kier alpha value is 0.460. The standard InChI is InChI=1S/C12H8Br2Cl2S/c1-6-4-7(2-3-9(6)15)11(14)10-5-8(13)12(16)17-10/h2-5,11H,1H3. The largest absolute Gasteiger partial charge is 0.126 e. The van der Waals surface area contributed by atoms with Crippen molar-refractivity contribution < 1.29 is 0 Å². The van der Waals surface area contributed by atoms with E-state index in [2.05, 4.69) is 37.9 Å². The van der Waals surface area contributed by atoms with Gasteiger partial charge in [-0.2, -0.15) is 0 Å². The van der Waals surface area contributed by atoms with Crippen molar-refractivity contribution in [1.82, 2.24) is 0 Å². The van der Waals surface area contributed by atoms with Crippen molar-refractivity contribution >= 4 is 66.4 Å². The van der Waals surface area contributed by atoms with Gasteiger partial charge in [-0.25, -0.2) is 0 Å². The Morgan fingerprint density at radius 1 is 1.24 bits per heavy atom. The lowest BCUT2D eigenvalue weighted by Gasteiger charge is -2.09. The molecule has 1 aromatic carbocycles. The highest BCUT2D eigenvalue weighted by Crippen LogP contribution is 2.41. The van der Waals surface area contributed by atoms with Crippen molar-refractivity contribution in [2.24, 2.45) is 0 Å². The van der Waals surface area contributed by atoms with Gasteiger partial charge in [0, 0.05) is 14.4 Å². The van der Waals surface area contributed by atoms with Crippen LogP contribution in [0.15, 0.2) is 28.7 Å². The Bertz CT molecular complexity index is 532. The highest BCUT2D eigenvalue weighted by molar-refractivity contribution is 9.10. The fourth-order valence-corrected chi connectivity index (χ4v) is 4.04. The van der Waals surface area contributed by atoms with E-state index in [0.717, 1.165) is 19.4 Å². The minimum atomic E-state index is 0.146. The molecule has 1 heterocycles. The molecule has 0 saturated carbocycles. The molecule has 0 spiro atoms. The number of thiophene rings is 1. The summed E-state index contributed by atoms with van der Waals surface area (Å²) >= 11 is 20.7. The quantitative estimate of drug-likeness (QED) is 0.485. The van der Waals surface area contributed by atoms with Crippen LogP contribution in [-0.2, 0) is 0 Å². The Morgan fingerprint density at radius 3 is 2.47 bits per heavy atom. The van der Waals surface area contributed by atoms with E-state index in [9.17, 15) is 0 Å². The van der Waals surface area contributed by atoms with Crippen LogP contribution in [0.4, 0.5) is 0 Å². The topological polar surface area (TPSA) is 0 Å². The van der Waals surface area contributed by atoms with Crippen LogP contribution >= 0.6 is 66.4 Å². The second kappa shape index (κ2) is 5.62. The lowest BCUT2D eigenvalue weighted by molar-refractivity contribution is 1.21. The van der Waals surface area contributed by atoms with Crippen LogP contribution in [-0.4, -0.2) is 0 Å². The van der Waals surface area contributed by atoms with Gasteiger partial charge in [-0.3, -0.25) is 0 Å². The Labute approximate surface area is 131 Å². The summed E-state index contributed by atoms with van der Waals surface area (Å²) in [7, 11) is 0. The average molecular weight is 415 g/mol. The van der Waals surface area contributed by atoms with E-state index < -0.39 is 0 Å². The van der Waals surface area contributed by atoms with Gasteiger partial charge in [0.25, 0.3) is 0 Å². The maximum atomic E-state index is 6.05. The van der Waals surface area contributed by atoms with Crippen LogP contribution in [0, 0.1) is 6.92 Å². The van der Waals surface area contributed by atoms with E-state index in [0.29, 0.717) is 0 Å². The first-order valence-corrected chi connectivity index (χ1v) is 8.12. The molecule has 2 aromatic rings. The van der Waals surface area contributed by atoms with E-state index in [1.165, 1.54) is 10.4 Å². The zero-order chi connectivity index (χ0) is 12.6. The Balaban J connectivity index is 2.36. The lowest BCUT2D eigenvalue weighted by atomic mass is 10.1.